The molecular weight excluding hydrogens is 190 g/mol. The van der Waals surface area contributed by atoms with E-state index in [1.807, 2.05) is 6.07 Å². The SMILES string of the molecule is O=C1O[C@@H]2[C@@H]3Cc4ccccc4N2[C@@H]1C3. The minimum atomic E-state index is -0.0343. The lowest BCUT2D eigenvalue weighted by Crippen LogP contribution is -2.35. The zero-order chi connectivity index (χ0) is 9.99. The van der Waals surface area contributed by atoms with Crippen molar-refractivity contribution in [1.82, 2.24) is 0 Å². The first kappa shape index (κ1) is 7.74. The molecule has 1 aromatic rings. The number of carbonyl (C=O) groups is 1. The van der Waals surface area contributed by atoms with Gasteiger partial charge in [0, 0.05) is 11.6 Å². The molecule has 4 bridgehead atoms. The fraction of sp³-hybridized carbons (Fsp3) is 0.417. The molecule has 0 aromatic heterocycles. The van der Waals surface area contributed by atoms with Gasteiger partial charge < -0.3 is 9.64 Å². The van der Waals surface area contributed by atoms with E-state index in [0.717, 1.165) is 12.8 Å². The Hall–Kier alpha value is -1.51. The Labute approximate surface area is 87.6 Å². The first-order chi connectivity index (χ1) is 7.34. The molecule has 0 spiro atoms. The predicted molar refractivity (Wildman–Crippen MR) is 54.4 cm³/mol. The summed E-state index contributed by atoms with van der Waals surface area (Å²) in [6, 6.07) is 8.34. The van der Waals surface area contributed by atoms with Crippen LogP contribution in [0.5, 0.6) is 0 Å². The van der Waals surface area contributed by atoms with Gasteiger partial charge in [-0.05, 0) is 24.5 Å². The van der Waals surface area contributed by atoms with Crippen molar-refractivity contribution in [3.05, 3.63) is 29.8 Å². The number of para-hydroxylation sites is 1. The molecule has 76 valence electrons. The first-order valence-electron chi connectivity index (χ1n) is 5.41. The van der Waals surface area contributed by atoms with Crippen LogP contribution in [0.2, 0.25) is 0 Å². The topological polar surface area (TPSA) is 29.5 Å². The highest BCUT2D eigenvalue weighted by Crippen LogP contribution is 2.48. The molecular formula is C12H11NO2. The Morgan fingerprint density at radius 2 is 2.20 bits per heavy atom. The highest BCUT2D eigenvalue weighted by Gasteiger charge is 2.56. The Balaban J connectivity index is 1.92. The summed E-state index contributed by atoms with van der Waals surface area (Å²) in [5.41, 5.74) is 2.56. The average Bonchev–Trinajstić information content (AvgIpc) is 2.69. The van der Waals surface area contributed by atoms with Crippen LogP contribution in [0.4, 0.5) is 5.69 Å². The maximum atomic E-state index is 11.5. The van der Waals surface area contributed by atoms with Crippen molar-refractivity contribution < 1.29 is 9.53 Å². The smallest absolute Gasteiger partial charge is 0.330 e. The highest BCUT2D eigenvalue weighted by atomic mass is 16.6. The van der Waals surface area contributed by atoms with E-state index in [1.165, 1.54) is 11.3 Å². The average molecular weight is 201 g/mol. The summed E-state index contributed by atoms with van der Waals surface area (Å²) in [5.74, 6) is 0.482. The maximum absolute atomic E-state index is 11.5. The molecule has 4 rings (SSSR count). The fourth-order valence-corrected chi connectivity index (χ4v) is 3.19. The van der Waals surface area contributed by atoms with E-state index in [4.69, 9.17) is 4.74 Å². The Bertz CT molecular complexity index is 457. The van der Waals surface area contributed by atoms with E-state index >= 15 is 0 Å². The largest absolute Gasteiger partial charge is 0.440 e. The van der Waals surface area contributed by atoms with Crippen molar-refractivity contribution in [2.24, 2.45) is 5.92 Å². The predicted octanol–water partition coefficient (Wildman–Crippen LogP) is 1.32. The van der Waals surface area contributed by atoms with Gasteiger partial charge in [-0.1, -0.05) is 18.2 Å². The molecule has 3 nitrogen and oxygen atoms in total. The second-order valence-corrected chi connectivity index (χ2v) is 4.58. The second-order valence-electron chi connectivity index (χ2n) is 4.58. The van der Waals surface area contributed by atoms with Crippen LogP contribution in [0.1, 0.15) is 12.0 Å². The van der Waals surface area contributed by atoms with Crippen LogP contribution in [0.15, 0.2) is 24.3 Å². The number of anilines is 1. The van der Waals surface area contributed by atoms with Crippen LogP contribution in [-0.2, 0) is 16.0 Å². The van der Waals surface area contributed by atoms with Crippen LogP contribution in [0, 0.1) is 5.92 Å². The molecule has 3 aliphatic heterocycles. The van der Waals surface area contributed by atoms with Crippen molar-refractivity contribution in [2.75, 3.05) is 4.90 Å². The summed E-state index contributed by atoms with van der Waals surface area (Å²) >= 11 is 0. The summed E-state index contributed by atoms with van der Waals surface area (Å²) < 4.78 is 5.37. The lowest BCUT2D eigenvalue weighted by Gasteiger charge is -2.30. The summed E-state index contributed by atoms with van der Waals surface area (Å²) in [6.07, 6.45) is 2.05. The number of fused-ring (bicyclic) bond motifs is 1. The number of esters is 1. The van der Waals surface area contributed by atoms with Gasteiger partial charge in [-0.25, -0.2) is 4.79 Å². The molecule has 1 aromatic carbocycles. The van der Waals surface area contributed by atoms with Crippen molar-refractivity contribution in [2.45, 2.75) is 25.1 Å². The lowest BCUT2D eigenvalue weighted by molar-refractivity contribution is -0.148. The third-order valence-electron chi connectivity index (χ3n) is 3.80. The molecule has 3 heteroatoms. The van der Waals surface area contributed by atoms with Crippen molar-refractivity contribution in [3.63, 3.8) is 0 Å². The van der Waals surface area contributed by atoms with Gasteiger partial charge in [-0.3, -0.25) is 0 Å². The molecule has 3 aliphatic rings. The van der Waals surface area contributed by atoms with Crippen molar-refractivity contribution in [1.29, 1.82) is 0 Å². The van der Waals surface area contributed by atoms with E-state index in [2.05, 4.69) is 23.1 Å². The monoisotopic (exact) mass is 201 g/mol. The van der Waals surface area contributed by atoms with Gasteiger partial charge in [-0.2, -0.15) is 0 Å². The van der Waals surface area contributed by atoms with Crippen LogP contribution >= 0.6 is 0 Å². The normalized spacial score (nSPS) is 35.3. The Kier molecular flexibility index (Phi) is 1.21. The molecule has 2 fully saturated rings. The number of hydrogen-bond donors (Lipinski definition) is 0. The lowest BCUT2D eigenvalue weighted by atomic mass is 9.92. The van der Waals surface area contributed by atoms with Gasteiger partial charge in [-0.15, -0.1) is 0 Å². The quantitative estimate of drug-likeness (QED) is 0.593. The van der Waals surface area contributed by atoms with Gasteiger partial charge in [0.2, 0.25) is 0 Å². The summed E-state index contributed by atoms with van der Waals surface area (Å²) in [4.78, 5) is 13.7. The molecule has 2 saturated heterocycles. The van der Waals surface area contributed by atoms with E-state index in [0.29, 0.717) is 5.92 Å². The van der Waals surface area contributed by atoms with Crippen LogP contribution in [0.3, 0.4) is 0 Å². The first-order valence-corrected chi connectivity index (χ1v) is 5.41. The Morgan fingerprint density at radius 3 is 3.13 bits per heavy atom. The summed E-state index contributed by atoms with van der Waals surface area (Å²) in [5, 5.41) is 0. The highest BCUT2D eigenvalue weighted by molar-refractivity contribution is 5.86. The zero-order valence-corrected chi connectivity index (χ0v) is 8.22. The van der Waals surface area contributed by atoms with Crippen molar-refractivity contribution in [3.8, 4) is 0 Å². The second kappa shape index (κ2) is 2.35. The fourth-order valence-electron chi connectivity index (χ4n) is 3.19. The minimum Gasteiger partial charge on any atom is -0.440 e. The number of rotatable bonds is 0. The number of benzene rings is 1. The maximum Gasteiger partial charge on any atom is 0.330 e. The molecule has 0 N–H and O–H groups in total. The molecule has 3 heterocycles. The molecule has 3 atom stereocenters. The van der Waals surface area contributed by atoms with Crippen LogP contribution < -0.4 is 4.90 Å². The molecule has 15 heavy (non-hydrogen) atoms. The third kappa shape index (κ3) is 0.798. The van der Waals surface area contributed by atoms with E-state index < -0.39 is 0 Å². The van der Waals surface area contributed by atoms with Gasteiger partial charge in [0.1, 0.15) is 6.04 Å². The van der Waals surface area contributed by atoms with E-state index in [-0.39, 0.29) is 18.2 Å². The third-order valence-corrected chi connectivity index (χ3v) is 3.80. The molecule has 0 saturated carbocycles. The molecule has 0 amide bonds. The number of hydrogen-bond acceptors (Lipinski definition) is 3. The summed E-state index contributed by atoms with van der Waals surface area (Å²) in [6.45, 7) is 0. The standard InChI is InChI=1S/C12H11NO2/c14-12-10-6-8-5-7-3-1-2-4-9(7)13(10)11(8)15-12/h1-4,8,10-11H,5-6H2/t8-,10-,11-/m1/s1. The number of carbonyl (C=O) groups excluding carboxylic acids is 1. The minimum absolute atomic E-state index is 0.0105. The molecule has 0 unspecified atom stereocenters. The van der Waals surface area contributed by atoms with E-state index in [9.17, 15) is 4.79 Å². The molecule has 0 radical (unpaired) electrons. The summed E-state index contributed by atoms with van der Waals surface area (Å²) in [7, 11) is 0. The number of ether oxygens (including phenoxy) is 1. The van der Waals surface area contributed by atoms with Crippen LogP contribution in [0.25, 0.3) is 0 Å². The van der Waals surface area contributed by atoms with Crippen LogP contribution in [-0.4, -0.2) is 18.2 Å². The van der Waals surface area contributed by atoms with E-state index in [1.54, 1.807) is 0 Å². The number of nitrogens with zero attached hydrogens (tertiary/aromatic N) is 1. The van der Waals surface area contributed by atoms with Gasteiger partial charge in [0.15, 0.2) is 6.23 Å². The Morgan fingerprint density at radius 1 is 1.33 bits per heavy atom. The zero-order valence-electron chi connectivity index (χ0n) is 8.22. The molecule has 0 aliphatic carbocycles. The van der Waals surface area contributed by atoms with Gasteiger partial charge in [0.25, 0.3) is 0 Å². The van der Waals surface area contributed by atoms with Crippen molar-refractivity contribution >= 4 is 11.7 Å². The van der Waals surface area contributed by atoms with Gasteiger partial charge >= 0.3 is 5.97 Å². The van der Waals surface area contributed by atoms with Gasteiger partial charge in [0.05, 0.1) is 0 Å².